The van der Waals surface area contributed by atoms with Gasteiger partial charge in [-0.2, -0.15) is 0 Å². The van der Waals surface area contributed by atoms with Gasteiger partial charge in [0.05, 0.1) is 7.11 Å². The van der Waals surface area contributed by atoms with Crippen LogP contribution < -0.4 is 5.56 Å². The molecule has 1 aromatic rings. The number of methoxy groups -OCH3 is 1. The van der Waals surface area contributed by atoms with Gasteiger partial charge in [0, 0.05) is 25.0 Å². The molecule has 1 unspecified atom stereocenters. The fourth-order valence-electron chi connectivity index (χ4n) is 2.84. The van der Waals surface area contributed by atoms with Crippen molar-refractivity contribution in [2.24, 2.45) is 5.92 Å². The van der Waals surface area contributed by atoms with Crippen molar-refractivity contribution >= 4 is 5.97 Å². The van der Waals surface area contributed by atoms with Crippen molar-refractivity contribution in [2.75, 3.05) is 20.3 Å². The standard InChI is InChI=1S/C15H21NO5/c1-10-7-12(17)9-14(18)16(10)13(15(19)20-2)8-11-3-5-21-6-4-11/h7,9,11,13,17H,3-6,8H2,1-2H3. The molecular weight excluding hydrogens is 274 g/mol. The van der Waals surface area contributed by atoms with Crippen LogP contribution in [0, 0.1) is 12.8 Å². The Hall–Kier alpha value is -1.82. The van der Waals surface area contributed by atoms with Crippen LogP contribution in [-0.4, -0.2) is 36.0 Å². The Labute approximate surface area is 123 Å². The van der Waals surface area contributed by atoms with Crippen LogP contribution in [0.3, 0.4) is 0 Å². The zero-order valence-electron chi connectivity index (χ0n) is 12.4. The zero-order valence-corrected chi connectivity index (χ0v) is 12.4. The van der Waals surface area contributed by atoms with E-state index in [1.807, 2.05) is 0 Å². The van der Waals surface area contributed by atoms with Crippen molar-refractivity contribution in [1.29, 1.82) is 0 Å². The first kappa shape index (κ1) is 15.6. The highest BCUT2D eigenvalue weighted by Gasteiger charge is 2.28. The number of aryl methyl sites for hydroxylation is 1. The predicted molar refractivity (Wildman–Crippen MR) is 76.3 cm³/mol. The number of hydrogen-bond donors (Lipinski definition) is 1. The molecule has 21 heavy (non-hydrogen) atoms. The average Bonchev–Trinajstić information content (AvgIpc) is 2.45. The van der Waals surface area contributed by atoms with E-state index >= 15 is 0 Å². The fraction of sp³-hybridized carbons (Fsp3) is 0.600. The summed E-state index contributed by atoms with van der Waals surface area (Å²) in [6.07, 6.45) is 2.29. The Morgan fingerprint density at radius 2 is 2.14 bits per heavy atom. The SMILES string of the molecule is COC(=O)C(CC1CCOCC1)n1c(C)cc(O)cc1=O. The molecule has 116 valence electrons. The van der Waals surface area contributed by atoms with E-state index < -0.39 is 17.6 Å². The summed E-state index contributed by atoms with van der Waals surface area (Å²) in [5, 5.41) is 9.47. The molecule has 0 amide bonds. The molecule has 1 atom stereocenters. The summed E-state index contributed by atoms with van der Waals surface area (Å²) >= 11 is 0. The van der Waals surface area contributed by atoms with E-state index in [1.54, 1.807) is 6.92 Å². The molecule has 0 radical (unpaired) electrons. The minimum Gasteiger partial charge on any atom is -0.508 e. The lowest BCUT2D eigenvalue weighted by molar-refractivity contribution is -0.145. The number of aromatic hydroxyl groups is 1. The molecule has 0 aromatic carbocycles. The van der Waals surface area contributed by atoms with Crippen LogP contribution in [-0.2, 0) is 14.3 Å². The smallest absolute Gasteiger partial charge is 0.328 e. The Kier molecular flexibility index (Phi) is 5.01. The Morgan fingerprint density at radius 3 is 2.71 bits per heavy atom. The Morgan fingerprint density at radius 1 is 1.48 bits per heavy atom. The van der Waals surface area contributed by atoms with Crippen molar-refractivity contribution in [1.82, 2.24) is 4.57 Å². The van der Waals surface area contributed by atoms with Crippen LogP contribution in [0.15, 0.2) is 16.9 Å². The van der Waals surface area contributed by atoms with E-state index in [0.29, 0.717) is 31.2 Å². The molecule has 2 heterocycles. The van der Waals surface area contributed by atoms with E-state index in [1.165, 1.54) is 17.7 Å². The van der Waals surface area contributed by atoms with E-state index in [2.05, 4.69) is 0 Å². The highest BCUT2D eigenvalue weighted by Crippen LogP contribution is 2.27. The van der Waals surface area contributed by atoms with Crippen molar-refractivity contribution in [2.45, 2.75) is 32.2 Å². The summed E-state index contributed by atoms with van der Waals surface area (Å²) in [5.41, 5.74) is 0.150. The molecule has 1 aromatic heterocycles. The van der Waals surface area contributed by atoms with E-state index in [9.17, 15) is 14.7 Å². The van der Waals surface area contributed by atoms with Gasteiger partial charge in [0.1, 0.15) is 11.8 Å². The quantitative estimate of drug-likeness (QED) is 0.849. The van der Waals surface area contributed by atoms with Gasteiger partial charge in [-0.15, -0.1) is 0 Å². The lowest BCUT2D eigenvalue weighted by atomic mass is 9.92. The third-order valence-corrected chi connectivity index (χ3v) is 3.93. The average molecular weight is 295 g/mol. The van der Waals surface area contributed by atoms with E-state index in [0.717, 1.165) is 18.9 Å². The van der Waals surface area contributed by atoms with Gasteiger partial charge in [0.15, 0.2) is 0 Å². The summed E-state index contributed by atoms with van der Waals surface area (Å²) in [4.78, 5) is 24.2. The topological polar surface area (TPSA) is 77.8 Å². The van der Waals surface area contributed by atoms with Crippen LogP contribution in [0.5, 0.6) is 5.75 Å². The van der Waals surface area contributed by atoms with Crippen LogP contribution >= 0.6 is 0 Å². The molecule has 1 saturated heterocycles. The number of hydrogen-bond acceptors (Lipinski definition) is 5. The molecule has 1 fully saturated rings. The van der Waals surface area contributed by atoms with Crippen LogP contribution in [0.1, 0.15) is 31.0 Å². The van der Waals surface area contributed by atoms with Gasteiger partial charge in [-0.25, -0.2) is 4.79 Å². The van der Waals surface area contributed by atoms with E-state index in [-0.39, 0.29) is 5.75 Å². The number of ether oxygens (including phenoxy) is 2. The number of carbonyl (C=O) groups excluding carboxylic acids is 1. The third kappa shape index (κ3) is 3.64. The second-order valence-corrected chi connectivity index (χ2v) is 5.39. The van der Waals surface area contributed by atoms with Gasteiger partial charge >= 0.3 is 5.97 Å². The first-order chi connectivity index (χ1) is 10.0. The van der Waals surface area contributed by atoms with Crippen LogP contribution in [0.2, 0.25) is 0 Å². The molecule has 1 N–H and O–H groups in total. The second-order valence-electron chi connectivity index (χ2n) is 5.39. The van der Waals surface area contributed by atoms with Crippen molar-refractivity contribution in [3.63, 3.8) is 0 Å². The summed E-state index contributed by atoms with van der Waals surface area (Å²) in [6, 6.07) is 1.93. The molecule has 6 nitrogen and oxygen atoms in total. The Balaban J connectivity index is 2.32. The molecule has 6 heteroatoms. The van der Waals surface area contributed by atoms with Crippen LogP contribution in [0.25, 0.3) is 0 Å². The van der Waals surface area contributed by atoms with Gasteiger partial charge in [0.2, 0.25) is 0 Å². The van der Waals surface area contributed by atoms with Gasteiger partial charge in [0.25, 0.3) is 5.56 Å². The zero-order chi connectivity index (χ0) is 15.4. The predicted octanol–water partition coefficient (Wildman–Crippen LogP) is 1.39. The van der Waals surface area contributed by atoms with Crippen molar-refractivity contribution in [3.05, 3.63) is 28.2 Å². The summed E-state index contributed by atoms with van der Waals surface area (Å²) in [6.45, 7) is 3.06. The molecule has 2 rings (SSSR count). The fourth-order valence-corrected chi connectivity index (χ4v) is 2.84. The van der Waals surface area contributed by atoms with Crippen molar-refractivity contribution in [3.8, 4) is 5.75 Å². The van der Waals surface area contributed by atoms with Gasteiger partial charge < -0.3 is 14.6 Å². The number of nitrogens with zero attached hydrogens (tertiary/aromatic N) is 1. The molecule has 0 aliphatic carbocycles. The van der Waals surface area contributed by atoms with E-state index in [4.69, 9.17) is 9.47 Å². The third-order valence-electron chi connectivity index (χ3n) is 3.93. The lowest BCUT2D eigenvalue weighted by Crippen LogP contribution is -2.34. The maximum absolute atomic E-state index is 12.1. The van der Waals surface area contributed by atoms with Gasteiger partial charge in [-0.05, 0) is 38.2 Å². The number of carbonyl (C=O) groups is 1. The van der Waals surface area contributed by atoms with Crippen molar-refractivity contribution < 1.29 is 19.4 Å². The first-order valence-corrected chi connectivity index (χ1v) is 7.10. The molecule has 0 spiro atoms. The minimum atomic E-state index is -0.661. The molecule has 1 aliphatic rings. The number of rotatable bonds is 4. The van der Waals surface area contributed by atoms with Gasteiger partial charge in [-0.1, -0.05) is 0 Å². The first-order valence-electron chi connectivity index (χ1n) is 7.10. The largest absolute Gasteiger partial charge is 0.508 e. The van der Waals surface area contributed by atoms with Crippen LogP contribution in [0.4, 0.5) is 0 Å². The molecule has 0 saturated carbocycles. The number of pyridine rings is 1. The summed E-state index contributed by atoms with van der Waals surface area (Å²) in [7, 11) is 1.32. The normalized spacial score (nSPS) is 17.4. The molecular formula is C15H21NO5. The lowest BCUT2D eigenvalue weighted by Gasteiger charge is -2.27. The highest BCUT2D eigenvalue weighted by atomic mass is 16.5. The number of esters is 1. The Bertz CT molecular complexity index is 560. The second kappa shape index (κ2) is 6.76. The summed E-state index contributed by atoms with van der Waals surface area (Å²) in [5.74, 6) is -0.205. The van der Waals surface area contributed by atoms with Gasteiger partial charge in [-0.3, -0.25) is 9.36 Å². The number of aromatic nitrogens is 1. The molecule has 1 aliphatic heterocycles. The maximum Gasteiger partial charge on any atom is 0.328 e. The highest BCUT2D eigenvalue weighted by molar-refractivity contribution is 5.74. The summed E-state index contributed by atoms with van der Waals surface area (Å²) < 4.78 is 11.6. The monoisotopic (exact) mass is 295 g/mol. The molecule has 0 bridgehead atoms. The minimum absolute atomic E-state index is 0.0940. The maximum atomic E-state index is 12.1.